The topological polar surface area (TPSA) is 61.4 Å². The summed E-state index contributed by atoms with van der Waals surface area (Å²) in [6.45, 7) is 3.82. The molecule has 3 rings (SSSR count). The normalized spacial score (nSPS) is 25.2. The van der Waals surface area contributed by atoms with Gasteiger partial charge < -0.3 is 10.6 Å². The lowest BCUT2D eigenvalue weighted by molar-refractivity contribution is -0.133. The number of piperidine rings is 1. The van der Waals surface area contributed by atoms with E-state index in [1.54, 1.807) is 6.07 Å². The van der Waals surface area contributed by atoms with Gasteiger partial charge in [-0.15, -0.1) is 12.4 Å². The van der Waals surface area contributed by atoms with E-state index in [2.05, 4.69) is 10.6 Å². The molecular formula is C16H21Cl2N3O2. The molecule has 1 aromatic carbocycles. The van der Waals surface area contributed by atoms with Gasteiger partial charge in [0.25, 0.3) is 5.91 Å². The predicted octanol–water partition coefficient (Wildman–Crippen LogP) is 2.57. The van der Waals surface area contributed by atoms with Crippen LogP contribution in [0.5, 0.6) is 0 Å². The van der Waals surface area contributed by atoms with Gasteiger partial charge in [0.2, 0.25) is 0 Å². The molecular weight excluding hydrogens is 337 g/mol. The quantitative estimate of drug-likeness (QED) is 0.817. The molecule has 0 aliphatic carbocycles. The SMILES string of the molecule is CC1(C2CCNCC2)NC(=O)N(Cc2ccccc2Cl)C1=O.Cl. The van der Waals surface area contributed by atoms with Crippen LogP contribution in [0.1, 0.15) is 25.3 Å². The van der Waals surface area contributed by atoms with E-state index in [0.29, 0.717) is 5.02 Å². The van der Waals surface area contributed by atoms with Crippen molar-refractivity contribution >= 4 is 35.9 Å². The molecule has 23 heavy (non-hydrogen) atoms. The van der Waals surface area contributed by atoms with E-state index in [9.17, 15) is 9.59 Å². The number of carbonyl (C=O) groups is 2. The molecule has 2 heterocycles. The molecule has 0 saturated carbocycles. The van der Waals surface area contributed by atoms with Crippen LogP contribution in [0.25, 0.3) is 0 Å². The van der Waals surface area contributed by atoms with Crippen molar-refractivity contribution in [3.63, 3.8) is 0 Å². The molecule has 7 heteroatoms. The minimum atomic E-state index is -0.805. The summed E-state index contributed by atoms with van der Waals surface area (Å²) >= 11 is 6.14. The molecule has 3 amide bonds. The second-order valence-corrected chi connectivity index (χ2v) is 6.55. The van der Waals surface area contributed by atoms with Gasteiger partial charge in [0.15, 0.2) is 0 Å². The molecule has 0 spiro atoms. The average molecular weight is 358 g/mol. The van der Waals surface area contributed by atoms with Gasteiger partial charge in [-0.05, 0) is 50.4 Å². The molecule has 2 fully saturated rings. The molecule has 2 aliphatic rings. The van der Waals surface area contributed by atoms with E-state index < -0.39 is 5.54 Å². The summed E-state index contributed by atoms with van der Waals surface area (Å²) < 4.78 is 0. The molecule has 0 aromatic heterocycles. The molecule has 1 aromatic rings. The largest absolute Gasteiger partial charge is 0.325 e. The number of imide groups is 1. The maximum absolute atomic E-state index is 12.8. The first-order valence-electron chi connectivity index (χ1n) is 7.60. The minimum Gasteiger partial charge on any atom is -0.323 e. The van der Waals surface area contributed by atoms with Crippen molar-refractivity contribution in [2.75, 3.05) is 13.1 Å². The van der Waals surface area contributed by atoms with Crippen LogP contribution in [0.2, 0.25) is 5.02 Å². The molecule has 2 N–H and O–H groups in total. The number of urea groups is 1. The number of nitrogens with one attached hydrogen (secondary N) is 2. The van der Waals surface area contributed by atoms with Gasteiger partial charge in [0.05, 0.1) is 6.54 Å². The highest BCUT2D eigenvalue weighted by molar-refractivity contribution is 6.31. The van der Waals surface area contributed by atoms with Crippen LogP contribution < -0.4 is 10.6 Å². The molecule has 126 valence electrons. The van der Waals surface area contributed by atoms with Gasteiger partial charge >= 0.3 is 6.03 Å². The Kier molecular flexibility index (Phi) is 5.55. The first kappa shape index (κ1) is 18.0. The molecule has 5 nitrogen and oxygen atoms in total. The number of halogens is 2. The van der Waals surface area contributed by atoms with Gasteiger partial charge in [-0.3, -0.25) is 9.69 Å². The number of carbonyl (C=O) groups excluding carboxylic acids is 2. The van der Waals surface area contributed by atoms with Crippen LogP contribution in [0.4, 0.5) is 4.79 Å². The highest BCUT2D eigenvalue weighted by atomic mass is 35.5. The number of benzene rings is 1. The Bertz CT molecular complexity index is 605. The van der Waals surface area contributed by atoms with E-state index in [1.165, 1.54) is 4.90 Å². The van der Waals surface area contributed by atoms with E-state index in [4.69, 9.17) is 11.6 Å². The minimum absolute atomic E-state index is 0. The zero-order valence-electron chi connectivity index (χ0n) is 13.0. The van der Waals surface area contributed by atoms with Gasteiger partial charge in [0, 0.05) is 5.02 Å². The number of rotatable bonds is 3. The first-order valence-corrected chi connectivity index (χ1v) is 7.98. The first-order chi connectivity index (χ1) is 10.5. The Balaban J connectivity index is 0.00000192. The average Bonchev–Trinajstić information content (AvgIpc) is 2.75. The van der Waals surface area contributed by atoms with Gasteiger partial charge in [-0.2, -0.15) is 0 Å². The molecule has 0 radical (unpaired) electrons. The Labute approximate surface area is 147 Å². The Morgan fingerprint density at radius 2 is 1.91 bits per heavy atom. The summed E-state index contributed by atoms with van der Waals surface area (Å²) in [6, 6.07) is 6.96. The third-order valence-corrected chi connectivity index (χ3v) is 5.11. The lowest BCUT2D eigenvalue weighted by Crippen LogP contribution is -2.53. The number of hydrogen-bond donors (Lipinski definition) is 2. The van der Waals surface area contributed by atoms with Crippen LogP contribution in [0.15, 0.2) is 24.3 Å². The second-order valence-electron chi connectivity index (χ2n) is 6.14. The fourth-order valence-corrected chi connectivity index (χ4v) is 3.53. The molecule has 2 saturated heterocycles. The van der Waals surface area contributed by atoms with E-state index in [1.807, 2.05) is 25.1 Å². The number of amides is 3. The van der Waals surface area contributed by atoms with Crippen molar-refractivity contribution in [3.8, 4) is 0 Å². The summed E-state index contributed by atoms with van der Waals surface area (Å²) in [7, 11) is 0. The zero-order chi connectivity index (χ0) is 15.7. The maximum Gasteiger partial charge on any atom is 0.325 e. The summed E-state index contributed by atoms with van der Waals surface area (Å²) in [4.78, 5) is 26.4. The maximum atomic E-state index is 12.8. The summed E-state index contributed by atoms with van der Waals surface area (Å²) in [5.74, 6) is 0.0192. The highest BCUT2D eigenvalue weighted by Crippen LogP contribution is 2.33. The van der Waals surface area contributed by atoms with E-state index in [-0.39, 0.29) is 36.8 Å². The number of nitrogens with zero attached hydrogens (tertiary/aromatic N) is 1. The van der Waals surface area contributed by atoms with Crippen LogP contribution in [0.3, 0.4) is 0 Å². The fraction of sp³-hybridized carbons (Fsp3) is 0.500. The Hall–Kier alpha value is -1.30. The van der Waals surface area contributed by atoms with Crippen molar-refractivity contribution in [3.05, 3.63) is 34.9 Å². The molecule has 1 atom stereocenters. The van der Waals surface area contributed by atoms with Crippen LogP contribution in [-0.4, -0.2) is 35.5 Å². The third-order valence-electron chi connectivity index (χ3n) is 4.74. The Morgan fingerprint density at radius 3 is 2.57 bits per heavy atom. The summed E-state index contributed by atoms with van der Waals surface area (Å²) in [5, 5.41) is 6.76. The van der Waals surface area contributed by atoms with Gasteiger partial charge in [0.1, 0.15) is 5.54 Å². The van der Waals surface area contributed by atoms with Crippen molar-refractivity contribution < 1.29 is 9.59 Å². The number of hydrogen-bond acceptors (Lipinski definition) is 3. The lowest BCUT2D eigenvalue weighted by atomic mass is 9.79. The van der Waals surface area contributed by atoms with Gasteiger partial charge in [-0.1, -0.05) is 29.8 Å². The van der Waals surface area contributed by atoms with E-state index in [0.717, 1.165) is 31.5 Å². The fourth-order valence-electron chi connectivity index (χ4n) is 3.33. The smallest absolute Gasteiger partial charge is 0.323 e. The highest BCUT2D eigenvalue weighted by Gasteiger charge is 2.52. The predicted molar refractivity (Wildman–Crippen MR) is 91.8 cm³/mol. The van der Waals surface area contributed by atoms with Crippen molar-refractivity contribution in [1.82, 2.24) is 15.5 Å². The molecule has 0 bridgehead atoms. The summed E-state index contributed by atoms with van der Waals surface area (Å²) in [5.41, 5.74) is -0.0253. The standard InChI is InChI=1S/C16H20ClN3O2.ClH/c1-16(12-6-8-18-9-7-12)14(21)20(15(22)19-16)10-11-4-2-3-5-13(11)17;/h2-5,12,18H,6-10H2,1H3,(H,19,22);1H. The van der Waals surface area contributed by atoms with Crippen LogP contribution >= 0.6 is 24.0 Å². The summed E-state index contributed by atoms with van der Waals surface area (Å²) in [6.07, 6.45) is 1.78. The molecule has 1 unspecified atom stereocenters. The van der Waals surface area contributed by atoms with Crippen LogP contribution in [0, 0.1) is 5.92 Å². The second kappa shape index (κ2) is 7.07. The lowest BCUT2D eigenvalue weighted by Gasteiger charge is -2.34. The zero-order valence-corrected chi connectivity index (χ0v) is 14.5. The van der Waals surface area contributed by atoms with E-state index >= 15 is 0 Å². The van der Waals surface area contributed by atoms with Crippen molar-refractivity contribution in [2.45, 2.75) is 31.8 Å². The van der Waals surface area contributed by atoms with Gasteiger partial charge in [-0.25, -0.2) is 4.79 Å². The molecule has 2 aliphatic heterocycles. The Morgan fingerprint density at radius 1 is 1.26 bits per heavy atom. The van der Waals surface area contributed by atoms with Crippen molar-refractivity contribution in [1.29, 1.82) is 0 Å². The van der Waals surface area contributed by atoms with Crippen molar-refractivity contribution in [2.24, 2.45) is 5.92 Å². The van der Waals surface area contributed by atoms with Crippen LogP contribution in [-0.2, 0) is 11.3 Å². The third kappa shape index (κ3) is 3.32. The monoisotopic (exact) mass is 357 g/mol.